The molecule has 0 aliphatic carbocycles. The number of thiazole rings is 1. The lowest BCUT2D eigenvalue weighted by atomic mass is 9.93. The molecule has 9 nitrogen and oxygen atoms in total. The number of rotatable bonds is 9. The molecule has 244 valence electrons. The van der Waals surface area contributed by atoms with Crippen molar-refractivity contribution in [2.45, 2.75) is 39.8 Å². The third-order valence-corrected chi connectivity index (χ3v) is 8.74. The molecule has 0 saturated heterocycles. The monoisotopic (exact) mass is 662 g/mol. The highest BCUT2D eigenvalue weighted by molar-refractivity contribution is 7.07. The summed E-state index contributed by atoms with van der Waals surface area (Å²) in [6.07, 6.45) is 1.66. The van der Waals surface area contributed by atoms with Crippen LogP contribution in [0.3, 0.4) is 0 Å². The second-order valence-electron chi connectivity index (χ2n) is 11.4. The van der Waals surface area contributed by atoms with Gasteiger partial charge in [-0.25, -0.2) is 14.6 Å². The van der Waals surface area contributed by atoms with Gasteiger partial charge >= 0.3 is 11.9 Å². The molecule has 0 amide bonds. The van der Waals surface area contributed by atoms with E-state index in [2.05, 4.69) is 0 Å². The highest BCUT2D eigenvalue weighted by Gasteiger charge is 2.35. The number of hydrogen-bond acceptors (Lipinski definition) is 9. The molecule has 48 heavy (non-hydrogen) atoms. The van der Waals surface area contributed by atoms with Gasteiger partial charge < -0.3 is 18.6 Å². The Bertz CT molecular complexity index is 2210. The van der Waals surface area contributed by atoms with Crippen molar-refractivity contribution in [1.29, 1.82) is 0 Å². The van der Waals surface area contributed by atoms with Gasteiger partial charge in [-0.1, -0.05) is 59.9 Å². The fourth-order valence-corrected chi connectivity index (χ4v) is 6.63. The Kier molecular flexibility index (Phi) is 9.27. The average Bonchev–Trinajstić information content (AvgIpc) is 3.67. The molecule has 3 heterocycles. The first-order valence-corrected chi connectivity index (χ1v) is 16.3. The summed E-state index contributed by atoms with van der Waals surface area (Å²) in [5.41, 5.74) is 3.91. The second-order valence-corrected chi connectivity index (χ2v) is 12.4. The van der Waals surface area contributed by atoms with E-state index in [1.54, 1.807) is 41.8 Å². The number of aryl methyl sites for hydroxylation is 1. The van der Waals surface area contributed by atoms with E-state index in [0.29, 0.717) is 43.4 Å². The van der Waals surface area contributed by atoms with E-state index in [-0.39, 0.29) is 23.8 Å². The van der Waals surface area contributed by atoms with E-state index in [1.165, 1.54) is 18.4 Å². The molecule has 0 bridgehead atoms. The summed E-state index contributed by atoms with van der Waals surface area (Å²) in [5.74, 6) is 0.757. The van der Waals surface area contributed by atoms with Crippen LogP contribution in [0.25, 0.3) is 23.1 Å². The normalized spacial score (nSPS) is 14.5. The maximum Gasteiger partial charge on any atom is 0.338 e. The minimum Gasteiger partial charge on any atom is -0.491 e. The summed E-state index contributed by atoms with van der Waals surface area (Å²) in [6, 6.07) is 24.8. The standard InChI is InChI=1S/C38H34N2O7S/c1-6-45-37(43)32-33(24-10-8-7-9-11-24)39-38-40(34(32)25-12-15-27(16-13-25)46-22(2)3)35(41)31(48-38)21-28-17-19-30(47-28)29-18-14-26(20-23(29)4)36(42)44-5/h7-22,34H,6H2,1-5H3/b31-21-/t34-/m0/s1. The maximum atomic E-state index is 14.2. The Balaban J connectivity index is 1.50. The average molecular weight is 663 g/mol. The molecule has 10 heteroatoms. The van der Waals surface area contributed by atoms with Gasteiger partial charge in [-0.3, -0.25) is 9.36 Å². The predicted molar refractivity (Wildman–Crippen MR) is 183 cm³/mol. The number of benzene rings is 3. The first-order valence-electron chi connectivity index (χ1n) is 15.5. The van der Waals surface area contributed by atoms with Gasteiger partial charge in [0.2, 0.25) is 0 Å². The molecule has 2 aromatic heterocycles. The van der Waals surface area contributed by atoms with Crippen molar-refractivity contribution >= 4 is 35.0 Å². The maximum absolute atomic E-state index is 14.2. The van der Waals surface area contributed by atoms with Gasteiger partial charge in [0.1, 0.15) is 17.3 Å². The third-order valence-electron chi connectivity index (χ3n) is 7.75. The van der Waals surface area contributed by atoms with E-state index < -0.39 is 18.0 Å². The molecular formula is C38H34N2O7S. The van der Waals surface area contributed by atoms with Crippen LogP contribution in [0.5, 0.6) is 5.75 Å². The van der Waals surface area contributed by atoms with Crippen molar-refractivity contribution in [2.75, 3.05) is 13.7 Å². The van der Waals surface area contributed by atoms with Crippen LogP contribution in [0, 0.1) is 6.92 Å². The molecule has 1 atom stereocenters. The van der Waals surface area contributed by atoms with Crippen LogP contribution in [-0.2, 0) is 14.3 Å². The van der Waals surface area contributed by atoms with Crippen LogP contribution in [0.1, 0.15) is 59.6 Å². The number of carbonyl (C=O) groups is 2. The van der Waals surface area contributed by atoms with Crippen LogP contribution >= 0.6 is 11.3 Å². The highest BCUT2D eigenvalue weighted by atomic mass is 32.1. The molecule has 3 aromatic carbocycles. The number of fused-ring (bicyclic) bond motifs is 1. The summed E-state index contributed by atoms with van der Waals surface area (Å²) >= 11 is 1.21. The van der Waals surface area contributed by atoms with Crippen LogP contribution in [0.4, 0.5) is 0 Å². The highest BCUT2D eigenvalue weighted by Crippen LogP contribution is 2.36. The zero-order valence-electron chi connectivity index (χ0n) is 27.2. The van der Waals surface area contributed by atoms with Gasteiger partial charge in [-0.2, -0.15) is 0 Å². The lowest BCUT2D eigenvalue weighted by Gasteiger charge is -2.26. The first kappa shape index (κ1) is 32.5. The molecular weight excluding hydrogens is 628 g/mol. The van der Waals surface area contributed by atoms with Crippen molar-refractivity contribution < 1.29 is 28.2 Å². The number of esters is 2. The Morgan fingerprint density at radius 1 is 1.00 bits per heavy atom. The molecule has 0 unspecified atom stereocenters. The zero-order chi connectivity index (χ0) is 33.9. The van der Waals surface area contributed by atoms with Gasteiger partial charge in [0.15, 0.2) is 4.80 Å². The van der Waals surface area contributed by atoms with Gasteiger partial charge in [0.05, 0.1) is 47.2 Å². The fourth-order valence-electron chi connectivity index (χ4n) is 5.65. The number of furan rings is 1. The number of ether oxygens (including phenoxy) is 3. The summed E-state index contributed by atoms with van der Waals surface area (Å²) in [5, 5.41) is 0. The van der Waals surface area contributed by atoms with Gasteiger partial charge in [0.25, 0.3) is 5.56 Å². The van der Waals surface area contributed by atoms with E-state index in [9.17, 15) is 14.4 Å². The second kappa shape index (κ2) is 13.7. The summed E-state index contributed by atoms with van der Waals surface area (Å²) in [7, 11) is 1.34. The minimum absolute atomic E-state index is 0.0153. The van der Waals surface area contributed by atoms with Crippen LogP contribution in [0.15, 0.2) is 105 Å². The van der Waals surface area contributed by atoms with Crippen LogP contribution in [0.2, 0.25) is 0 Å². The molecule has 0 fully saturated rings. The topological polar surface area (TPSA) is 109 Å². The van der Waals surface area contributed by atoms with E-state index in [0.717, 1.165) is 16.7 Å². The quantitative estimate of drug-likeness (QED) is 0.176. The molecule has 1 aliphatic heterocycles. The number of carbonyl (C=O) groups excluding carboxylic acids is 2. The smallest absolute Gasteiger partial charge is 0.338 e. The van der Waals surface area contributed by atoms with E-state index >= 15 is 0 Å². The SMILES string of the molecule is CCOC(=O)C1=C(c2ccccc2)N=c2s/c(=C\c3ccc(-c4ccc(C(=O)OC)cc4C)o3)c(=O)n2[C@H]1c1ccc(OC(C)C)cc1. The van der Waals surface area contributed by atoms with Gasteiger partial charge in [-0.05, 0) is 75.2 Å². The van der Waals surface area contributed by atoms with E-state index in [1.807, 2.05) is 81.4 Å². The third kappa shape index (κ3) is 6.39. The lowest BCUT2D eigenvalue weighted by molar-refractivity contribution is -0.138. The molecule has 0 N–H and O–H groups in total. The Labute approximate surface area is 281 Å². The molecule has 6 rings (SSSR count). The molecule has 0 spiro atoms. The Hall–Kier alpha value is -5.48. The van der Waals surface area contributed by atoms with E-state index in [4.69, 9.17) is 23.6 Å². The largest absolute Gasteiger partial charge is 0.491 e. The Morgan fingerprint density at radius 3 is 2.42 bits per heavy atom. The summed E-state index contributed by atoms with van der Waals surface area (Å²) < 4.78 is 24.3. The van der Waals surface area contributed by atoms with Crippen LogP contribution in [-0.4, -0.2) is 36.3 Å². The number of hydrogen-bond donors (Lipinski definition) is 0. The zero-order valence-corrected chi connectivity index (χ0v) is 28.0. The van der Waals surface area contributed by atoms with Crippen molar-refractivity contribution in [1.82, 2.24) is 4.57 Å². The van der Waals surface area contributed by atoms with Gasteiger partial charge in [-0.15, -0.1) is 0 Å². The first-order chi connectivity index (χ1) is 23.2. The van der Waals surface area contributed by atoms with Crippen molar-refractivity contribution in [3.05, 3.63) is 138 Å². The molecule has 5 aromatic rings. The lowest BCUT2D eigenvalue weighted by Crippen LogP contribution is -2.40. The van der Waals surface area contributed by atoms with Crippen molar-refractivity contribution in [3.63, 3.8) is 0 Å². The molecule has 0 radical (unpaired) electrons. The van der Waals surface area contributed by atoms with Crippen LogP contribution < -0.4 is 19.6 Å². The summed E-state index contributed by atoms with van der Waals surface area (Å²) in [4.78, 5) is 45.3. The number of nitrogens with zero attached hydrogens (tertiary/aromatic N) is 2. The molecule has 1 aliphatic rings. The number of methoxy groups -OCH3 is 1. The molecule has 0 saturated carbocycles. The minimum atomic E-state index is -0.811. The fraction of sp³-hybridized carbons (Fsp3) is 0.211. The van der Waals surface area contributed by atoms with Crippen molar-refractivity contribution in [2.24, 2.45) is 4.99 Å². The summed E-state index contributed by atoms with van der Waals surface area (Å²) in [6.45, 7) is 7.69. The number of aromatic nitrogens is 1. The predicted octanol–water partition coefficient (Wildman–Crippen LogP) is 6.08. The van der Waals surface area contributed by atoms with Crippen molar-refractivity contribution in [3.8, 4) is 17.1 Å². The Morgan fingerprint density at radius 2 is 1.75 bits per heavy atom. The van der Waals surface area contributed by atoms with Gasteiger partial charge in [0, 0.05) is 17.2 Å².